The van der Waals surface area contributed by atoms with Gasteiger partial charge in [-0.25, -0.2) is 4.98 Å². The fourth-order valence-corrected chi connectivity index (χ4v) is 2.14. The minimum atomic E-state index is -0.158. The van der Waals surface area contributed by atoms with Crippen LogP contribution in [0.25, 0.3) is 5.65 Å². The van der Waals surface area contributed by atoms with Crippen LogP contribution < -0.4 is 10.1 Å². The summed E-state index contributed by atoms with van der Waals surface area (Å²) in [5.74, 6) is 0.565. The summed E-state index contributed by atoms with van der Waals surface area (Å²) in [6.07, 6.45) is 3.76. The van der Waals surface area contributed by atoms with Crippen molar-refractivity contribution in [3.63, 3.8) is 0 Å². The number of nitrogens with one attached hydrogen (secondary N) is 1. The van der Waals surface area contributed by atoms with Crippen molar-refractivity contribution >= 4 is 17.2 Å². The van der Waals surface area contributed by atoms with Crippen LogP contribution >= 0.6 is 0 Å². The number of ether oxygens (including phenoxy) is 1. The van der Waals surface area contributed by atoms with Gasteiger partial charge in [-0.2, -0.15) is 0 Å². The smallest absolute Gasteiger partial charge is 0.255 e. The molecule has 0 saturated heterocycles. The van der Waals surface area contributed by atoms with Crippen LogP contribution in [0.1, 0.15) is 16.1 Å². The molecular formula is C16H15N3O2. The third-order valence-corrected chi connectivity index (χ3v) is 3.18. The first-order valence-electron chi connectivity index (χ1n) is 6.56. The van der Waals surface area contributed by atoms with Gasteiger partial charge in [0.05, 0.1) is 18.5 Å². The second kappa shape index (κ2) is 5.28. The molecule has 21 heavy (non-hydrogen) atoms. The Morgan fingerprint density at radius 1 is 1.14 bits per heavy atom. The van der Waals surface area contributed by atoms with E-state index in [0.29, 0.717) is 5.56 Å². The normalized spacial score (nSPS) is 10.6. The Morgan fingerprint density at radius 3 is 2.62 bits per heavy atom. The molecule has 5 nitrogen and oxygen atoms in total. The van der Waals surface area contributed by atoms with Gasteiger partial charge in [0.1, 0.15) is 11.4 Å². The molecule has 2 aromatic heterocycles. The summed E-state index contributed by atoms with van der Waals surface area (Å²) < 4.78 is 6.96. The molecule has 1 aromatic carbocycles. The number of aryl methyl sites for hydroxylation is 1. The Morgan fingerprint density at radius 2 is 1.90 bits per heavy atom. The van der Waals surface area contributed by atoms with Crippen molar-refractivity contribution in [2.24, 2.45) is 0 Å². The summed E-state index contributed by atoms with van der Waals surface area (Å²) in [6, 6.07) is 10.7. The average Bonchev–Trinajstić information content (AvgIpc) is 2.86. The van der Waals surface area contributed by atoms with E-state index in [4.69, 9.17) is 4.74 Å². The zero-order valence-corrected chi connectivity index (χ0v) is 11.8. The van der Waals surface area contributed by atoms with Gasteiger partial charge in [0.25, 0.3) is 5.91 Å². The second-order valence-corrected chi connectivity index (χ2v) is 4.75. The predicted octanol–water partition coefficient (Wildman–Crippen LogP) is 2.90. The van der Waals surface area contributed by atoms with Crippen molar-refractivity contribution < 1.29 is 9.53 Å². The number of anilines is 1. The predicted molar refractivity (Wildman–Crippen MR) is 80.9 cm³/mol. The third-order valence-electron chi connectivity index (χ3n) is 3.18. The molecule has 0 spiro atoms. The van der Waals surface area contributed by atoms with Crippen LogP contribution in [0.4, 0.5) is 5.69 Å². The molecule has 1 N–H and O–H groups in total. The van der Waals surface area contributed by atoms with Crippen LogP contribution in [0, 0.1) is 6.92 Å². The van der Waals surface area contributed by atoms with Gasteiger partial charge in [-0.3, -0.25) is 4.79 Å². The summed E-state index contributed by atoms with van der Waals surface area (Å²) in [7, 11) is 1.59. The molecule has 106 valence electrons. The maximum absolute atomic E-state index is 12.2. The molecule has 0 saturated carbocycles. The first-order valence-corrected chi connectivity index (χ1v) is 6.56. The van der Waals surface area contributed by atoms with E-state index in [2.05, 4.69) is 10.3 Å². The number of carbonyl (C=O) groups is 1. The van der Waals surface area contributed by atoms with Crippen molar-refractivity contribution in [1.29, 1.82) is 0 Å². The number of fused-ring (bicyclic) bond motifs is 1. The van der Waals surface area contributed by atoms with E-state index >= 15 is 0 Å². The van der Waals surface area contributed by atoms with Crippen LogP contribution in [0.15, 0.2) is 48.8 Å². The highest BCUT2D eigenvalue weighted by molar-refractivity contribution is 6.04. The summed E-state index contributed by atoms with van der Waals surface area (Å²) in [6.45, 7) is 1.93. The molecule has 0 aliphatic rings. The molecule has 3 aromatic rings. The Bertz CT molecular complexity index is 791. The molecule has 0 aliphatic carbocycles. The van der Waals surface area contributed by atoms with Crippen molar-refractivity contribution in [2.75, 3.05) is 12.4 Å². The van der Waals surface area contributed by atoms with Gasteiger partial charge in [0, 0.05) is 18.0 Å². The van der Waals surface area contributed by atoms with Gasteiger partial charge in [0.2, 0.25) is 0 Å². The lowest BCUT2D eigenvalue weighted by molar-refractivity contribution is 0.102. The van der Waals surface area contributed by atoms with Gasteiger partial charge in [0.15, 0.2) is 0 Å². The van der Waals surface area contributed by atoms with E-state index in [1.807, 2.05) is 35.9 Å². The highest BCUT2D eigenvalue weighted by Crippen LogP contribution is 2.15. The molecule has 0 bridgehead atoms. The minimum Gasteiger partial charge on any atom is -0.497 e. The number of carbonyl (C=O) groups excluding carboxylic acids is 1. The number of pyridine rings is 1. The molecule has 0 aliphatic heterocycles. The lowest BCUT2D eigenvalue weighted by atomic mass is 10.2. The largest absolute Gasteiger partial charge is 0.497 e. The molecule has 0 fully saturated rings. The summed E-state index contributed by atoms with van der Waals surface area (Å²) in [5, 5.41) is 2.87. The highest BCUT2D eigenvalue weighted by Gasteiger charge is 2.07. The second-order valence-electron chi connectivity index (χ2n) is 4.75. The van der Waals surface area contributed by atoms with Crippen LogP contribution in [-0.2, 0) is 0 Å². The van der Waals surface area contributed by atoms with Gasteiger partial charge >= 0.3 is 0 Å². The number of nitrogens with zero attached hydrogens (tertiary/aromatic N) is 2. The number of methoxy groups -OCH3 is 1. The number of hydrogen-bond donors (Lipinski definition) is 1. The monoisotopic (exact) mass is 281 g/mol. The highest BCUT2D eigenvalue weighted by atomic mass is 16.5. The Labute approximate surface area is 122 Å². The van der Waals surface area contributed by atoms with Gasteiger partial charge in [-0.1, -0.05) is 0 Å². The summed E-state index contributed by atoms with van der Waals surface area (Å²) in [5.41, 5.74) is 3.10. The molecule has 5 heteroatoms. The number of hydrogen-bond acceptors (Lipinski definition) is 3. The number of aromatic nitrogens is 2. The number of benzene rings is 1. The maximum atomic E-state index is 12.2. The Kier molecular flexibility index (Phi) is 3.31. The van der Waals surface area contributed by atoms with E-state index < -0.39 is 0 Å². The average molecular weight is 281 g/mol. The van der Waals surface area contributed by atoms with Crippen LogP contribution in [0.5, 0.6) is 5.75 Å². The molecule has 0 radical (unpaired) electrons. The van der Waals surface area contributed by atoms with Crippen LogP contribution in [0.3, 0.4) is 0 Å². The summed E-state index contributed by atoms with van der Waals surface area (Å²) >= 11 is 0. The first kappa shape index (κ1) is 13.2. The van der Waals surface area contributed by atoms with Gasteiger partial charge in [-0.15, -0.1) is 0 Å². The lowest BCUT2D eigenvalue weighted by Crippen LogP contribution is -2.12. The number of amides is 1. The molecule has 3 rings (SSSR count). The fourth-order valence-electron chi connectivity index (χ4n) is 2.14. The van der Waals surface area contributed by atoms with Crippen molar-refractivity contribution in [2.45, 2.75) is 6.92 Å². The number of imidazole rings is 1. The Hall–Kier alpha value is -2.82. The standard InChI is InChI=1S/C16H15N3O2/c1-11-9-19-10-13(5-8-15(19)17-11)18-16(20)12-3-6-14(21-2)7-4-12/h3-10H,1-2H3,(H,18,20). The van der Waals surface area contributed by atoms with Crippen molar-refractivity contribution in [3.05, 3.63) is 60.0 Å². The minimum absolute atomic E-state index is 0.158. The van der Waals surface area contributed by atoms with E-state index in [-0.39, 0.29) is 5.91 Å². The molecule has 0 unspecified atom stereocenters. The van der Waals surface area contributed by atoms with Crippen molar-refractivity contribution in [3.8, 4) is 5.75 Å². The van der Waals surface area contributed by atoms with E-state index in [1.165, 1.54) is 0 Å². The molecule has 1 amide bonds. The zero-order valence-electron chi connectivity index (χ0n) is 11.8. The van der Waals surface area contributed by atoms with E-state index in [0.717, 1.165) is 22.8 Å². The van der Waals surface area contributed by atoms with Crippen molar-refractivity contribution in [1.82, 2.24) is 9.38 Å². The van der Waals surface area contributed by atoms with E-state index in [1.54, 1.807) is 31.4 Å². The topological polar surface area (TPSA) is 55.6 Å². The van der Waals surface area contributed by atoms with E-state index in [9.17, 15) is 4.79 Å². The zero-order chi connectivity index (χ0) is 14.8. The fraction of sp³-hybridized carbons (Fsp3) is 0.125. The maximum Gasteiger partial charge on any atom is 0.255 e. The lowest BCUT2D eigenvalue weighted by Gasteiger charge is -2.06. The summed E-state index contributed by atoms with van der Waals surface area (Å²) in [4.78, 5) is 16.5. The van der Waals surface area contributed by atoms with Gasteiger partial charge < -0.3 is 14.5 Å². The molecule has 0 atom stereocenters. The molecular weight excluding hydrogens is 266 g/mol. The van der Waals surface area contributed by atoms with Crippen LogP contribution in [-0.4, -0.2) is 22.4 Å². The SMILES string of the molecule is COc1ccc(C(=O)Nc2ccc3nc(C)cn3c2)cc1. The molecule has 2 heterocycles. The van der Waals surface area contributed by atoms with Gasteiger partial charge in [-0.05, 0) is 43.3 Å². The third kappa shape index (κ3) is 2.72. The first-order chi connectivity index (χ1) is 10.2. The number of rotatable bonds is 3. The van der Waals surface area contributed by atoms with Crippen LogP contribution in [0.2, 0.25) is 0 Å². The quantitative estimate of drug-likeness (QED) is 0.803. The Balaban J connectivity index is 1.81.